The molecule has 0 unspecified atom stereocenters. The van der Waals surface area contributed by atoms with E-state index in [9.17, 15) is 9.59 Å². The first-order valence-electron chi connectivity index (χ1n) is 6.92. The third-order valence-corrected chi connectivity index (χ3v) is 4.68. The van der Waals surface area contributed by atoms with Crippen molar-refractivity contribution in [2.45, 2.75) is 23.6 Å². The van der Waals surface area contributed by atoms with Crippen molar-refractivity contribution in [1.82, 2.24) is 0 Å². The molecular formula is C18H20O2S2. The van der Waals surface area contributed by atoms with E-state index in [0.29, 0.717) is 11.5 Å². The van der Waals surface area contributed by atoms with E-state index in [1.165, 1.54) is 0 Å². The summed E-state index contributed by atoms with van der Waals surface area (Å²) in [6.45, 7) is 3.21. The van der Waals surface area contributed by atoms with Crippen molar-refractivity contribution >= 4 is 35.1 Å². The van der Waals surface area contributed by atoms with Crippen LogP contribution in [-0.4, -0.2) is 23.1 Å². The van der Waals surface area contributed by atoms with Crippen LogP contribution in [0.15, 0.2) is 70.5 Å². The van der Waals surface area contributed by atoms with Crippen molar-refractivity contribution in [1.29, 1.82) is 0 Å². The average Bonchev–Trinajstić information content (AvgIpc) is 2.53. The Morgan fingerprint density at radius 3 is 1.27 bits per heavy atom. The minimum Gasteiger partial charge on any atom is -0.299 e. The summed E-state index contributed by atoms with van der Waals surface area (Å²) >= 11 is 3.16. The predicted octanol–water partition coefficient (Wildman–Crippen LogP) is 4.74. The summed E-state index contributed by atoms with van der Waals surface area (Å²) in [7, 11) is 0. The number of hydrogen-bond acceptors (Lipinski definition) is 4. The molecule has 0 heterocycles. The molecule has 4 heteroatoms. The lowest BCUT2D eigenvalue weighted by atomic mass is 10.4. The summed E-state index contributed by atoms with van der Waals surface area (Å²) < 4.78 is 0. The van der Waals surface area contributed by atoms with Crippen LogP contribution in [0.2, 0.25) is 0 Å². The number of carbonyl (C=O) groups is 2. The van der Waals surface area contributed by atoms with Crippen LogP contribution in [0, 0.1) is 0 Å². The van der Waals surface area contributed by atoms with Crippen LogP contribution in [0.3, 0.4) is 0 Å². The van der Waals surface area contributed by atoms with Crippen molar-refractivity contribution in [3.8, 4) is 0 Å². The summed E-state index contributed by atoms with van der Waals surface area (Å²) in [4.78, 5) is 23.5. The van der Waals surface area contributed by atoms with Gasteiger partial charge in [-0.25, -0.2) is 0 Å². The molecule has 0 amide bonds. The second-order valence-electron chi connectivity index (χ2n) is 4.61. The lowest BCUT2D eigenvalue weighted by Crippen LogP contribution is -1.92. The van der Waals surface area contributed by atoms with Gasteiger partial charge in [-0.1, -0.05) is 36.4 Å². The molecule has 0 saturated heterocycles. The molecule has 0 bridgehead atoms. The zero-order valence-electron chi connectivity index (χ0n) is 12.8. The van der Waals surface area contributed by atoms with Crippen LogP contribution in [-0.2, 0) is 9.59 Å². The molecule has 0 saturated carbocycles. The summed E-state index contributed by atoms with van der Waals surface area (Å²) in [6, 6.07) is 19.9. The molecule has 2 aromatic rings. The molecule has 22 heavy (non-hydrogen) atoms. The predicted molar refractivity (Wildman–Crippen MR) is 95.7 cm³/mol. The maximum Gasteiger partial charge on any atom is 0.140 e. The topological polar surface area (TPSA) is 34.1 Å². The van der Waals surface area contributed by atoms with Crippen LogP contribution in [0.1, 0.15) is 13.8 Å². The van der Waals surface area contributed by atoms with E-state index in [0.717, 1.165) is 9.79 Å². The Kier molecular flexibility index (Phi) is 9.35. The Bertz CT molecular complexity index is 515. The van der Waals surface area contributed by atoms with Crippen LogP contribution in [0.5, 0.6) is 0 Å². The van der Waals surface area contributed by atoms with E-state index in [2.05, 4.69) is 0 Å². The molecule has 116 valence electrons. The van der Waals surface area contributed by atoms with Crippen molar-refractivity contribution < 1.29 is 9.59 Å². The standard InChI is InChI=1S/2C9H10OS/c2*1-8(10)7-11-9-5-3-2-4-6-9/h2*2-6H,7H2,1H3. The normalized spacial score (nSPS) is 9.55. The number of benzene rings is 2. The molecule has 0 spiro atoms. The highest BCUT2D eigenvalue weighted by Crippen LogP contribution is 2.16. The number of carbonyl (C=O) groups excluding carboxylic acids is 2. The van der Waals surface area contributed by atoms with Crippen LogP contribution < -0.4 is 0 Å². The van der Waals surface area contributed by atoms with Gasteiger partial charge in [-0.3, -0.25) is 9.59 Å². The van der Waals surface area contributed by atoms with Gasteiger partial charge in [0, 0.05) is 9.79 Å². The summed E-state index contributed by atoms with van der Waals surface area (Å²) in [5, 5.41) is 0. The Balaban J connectivity index is 0.000000220. The molecule has 0 radical (unpaired) electrons. The molecule has 0 N–H and O–H groups in total. The molecule has 0 aromatic heterocycles. The highest BCUT2D eigenvalue weighted by molar-refractivity contribution is 8.00. The van der Waals surface area contributed by atoms with Crippen molar-refractivity contribution in [2.75, 3.05) is 11.5 Å². The molecule has 0 fully saturated rings. The van der Waals surface area contributed by atoms with Gasteiger partial charge in [-0.05, 0) is 38.1 Å². The van der Waals surface area contributed by atoms with Gasteiger partial charge >= 0.3 is 0 Å². The first-order valence-corrected chi connectivity index (χ1v) is 8.89. The largest absolute Gasteiger partial charge is 0.299 e. The minimum absolute atomic E-state index is 0.221. The van der Waals surface area contributed by atoms with E-state index in [4.69, 9.17) is 0 Å². The van der Waals surface area contributed by atoms with Gasteiger partial charge < -0.3 is 0 Å². The first kappa shape index (κ1) is 18.5. The van der Waals surface area contributed by atoms with Crippen molar-refractivity contribution in [3.63, 3.8) is 0 Å². The maximum absolute atomic E-state index is 10.6. The van der Waals surface area contributed by atoms with Crippen LogP contribution in [0.25, 0.3) is 0 Å². The minimum atomic E-state index is 0.221. The SMILES string of the molecule is CC(=O)CSc1ccccc1.CC(=O)CSc1ccccc1. The second-order valence-corrected chi connectivity index (χ2v) is 6.70. The summed E-state index contributed by atoms with van der Waals surface area (Å²) in [6.07, 6.45) is 0. The number of Topliss-reactive ketones (excluding diaryl/α,β-unsaturated/α-hetero) is 2. The lowest BCUT2D eigenvalue weighted by Gasteiger charge is -1.95. The number of ketones is 2. The van der Waals surface area contributed by atoms with E-state index in [1.54, 1.807) is 37.4 Å². The Morgan fingerprint density at radius 2 is 1.00 bits per heavy atom. The molecule has 0 aliphatic carbocycles. The zero-order valence-corrected chi connectivity index (χ0v) is 14.5. The lowest BCUT2D eigenvalue weighted by molar-refractivity contribution is -0.115. The Morgan fingerprint density at radius 1 is 0.682 bits per heavy atom. The quantitative estimate of drug-likeness (QED) is 0.716. The third-order valence-electron chi connectivity index (χ3n) is 2.37. The fraction of sp³-hybridized carbons (Fsp3) is 0.222. The van der Waals surface area contributed by atoms with Gasteiger partial charge in [-0.2, -0.15) is 0 Å². The van der Waals surface area contributed by atoms with E-state index in [1.807, 2.05) is 60.7 Å². The van der Waals surface area contributed by atoms with E-state index in [-0.39, 0.29) is 11.6 Å². The van der Waals surface area contributed by atoms with Crippen molar-refractivity contribution in [3.05, 3.63) is 60.7 Å². The Hall–Kier alpha value is -1.52. The fourth-order valence-electron chi connectivity index (χ4n) is 1.40. The smallest absolute Gasteiger partial charge is 0.140 e. The van der Waals surface area contributed by atoms with Crippen molar-refractivity contribution in [2.24, 2.45) is 0 Å². The number of hydrogen-bond donors (Lipinski definition) is 0. The maximum atomic E-state index is 10.6. The van der Waals surface area contributed by atoms with Gasteiger partial charge in [0.15, 0.2) is 0 Å². The average molecular weight is 332 g/mol. The van der Waals surface area contributed by atoms with Gasteiger partial charge in [0.25, 0.3) is 0 Å². The highest BCUT2D eigenvalue weighted by atomic mass is 32.2. The van der Waals surface area contributed by atoms with E-state index < -0.39 is 0 Å². The number of rotatable bonds is 6. The van der Waals surface area contributed by atoms with Gasteiger partial charge in [0.1, 0.15) is 11.6 Å². The van der Waals surface area contributed by atoms with Gasteiger partial charge in [0.2, 0.25) is 0 Å². The van der Waals surface area contributed by atoms with Gasteiger partial charge in [-0.15, -0.1) is 23.5 Å². The number of thioether (sulfide) groups is 2. The molecule has 2 rings (SSSR count). The monoisotopic (exact) mass is 332 g/mol. The molecule has 2 nitrogen and oxygen atoms in total. The molecule has 0 aliphatic heterocycles. The molecular weight excluding hydrogens is 312 g/mol. The second kappa shape index (κ2) is 11.1. The molecule has 0 atom stereocenters. The summed E-state index contributed by atoms with van der Waals surface area (Å²) in [5.41, 5.74) is 0. The molecule has 2 aromatic carbocycles. The zero-order chi connectivity index (χ0) is 16.2. The van der Waals surface area contributed by atoms with E-state index >= 15 is 0 Å². The first-order chi connectivity index (χ1) is 10.6. The Labute approximate surface area is 140 Å². The van der Waals surface area contributed by atoms with Crippen LogP contribution >= 0.6 is 23.5 Å². The van der Waals surface area contributed by atoms with Crippen LogP contribution in [0.4, 0.5) is 0 Å². The summed E-state index contributed by atoms with van der Waals surface area (Å²) in [5.74, 6) is 1.59. The third kappa shape index (κ3) is 9.42. The fourth-order valence-corrected chi connectivity index (χ4v) is 2.84. The van der Waals surface area contributed by atoms with Gasteiger partial charge in [0.05, 0.1) is 11.5 Å². The molecule has 0 aliphatic rings. The highest BCUT2D eigenvalue weighted by Gasteiger charge is 1.95.